The third-order valence-electron chi connectivity index (χ3n) is 3.64. The molecule has 1 aromatic carbocycles. The maximum atomic E-state index is 11.6. The molecule has 3 heteroatoms. The Labute approximate surface area is 114 Å². The smallest absolute Gasteiger partial charge is 0.136 e. The van der Waals surface area contributed by atoms with Crippen molar-refractivity contribution < 1.29 is 4.79 Å². The first kappa shape index (κ1) is 13.4. The van der Waals surface area contributed by atoms with E-state index in [9.17, 15) is 4.79 Å². The minimum atomic E-state index is -0.154. The van der Waals surface area contributed by atoms with Gasteiger partial charge in [0.1, 0.15) is 5.78 Å². The highest BCUT2D eigenvalue weighted by Gasteiger charge is 2.35. The number of anilines is 1. The maximum absolute atomic E-state index is 11.6. The van der Waals surface area contributed by atoms with Gasteiger partial charge in [-0.1, -0.05) is 17.7 Å². The maximum Gasteiger partial charge on any atom is 0.136 e. The first-order valence-electron chi connectivity index (χ1n) is 6.37. The van der Waals surface area contributed by atoms with Crippen LogP contribution >= 0.6 is 11.6 Å². The molecule has 18 heavy (non-hydrogen) atoms. The number of halogens is 1. The minimum Gasteiger partial charge on any atom is -0.364 e. The van der Waals surface area contributed by atoms with Crippen molar-refractivity contribution in [1.29, 1.82) is 0 Å². The summed E-state index contributed by atoms with van der Waals surface area (Å²) in [6.45, 7) is 9.11. The van der Waals surface area contributed by atoms with E-state index >= 15 is 0 Å². The van der Waals surface area contributed by atoms with Gasteiger partial charge < -0.3 is 4.90 Å². The van der Waals surface area contributed by atoms with Crippen molar-refractivity contribution in [3.63, 3.8) is 0 Å². The molecule has 0 bridgehead atoms. The summed E-state index contributed by atoms with van der Waals surface area (Å²) in [6, 6.07) is 4.14. The number of benzene rings is 1. The van der Waals surface area contributed by atoms with E-state index in [2.05, 4.69) is 31.7 Å². The van der Waals surface area contributed by atoms with Gasteiger partial charge in [-0.15, -0.1) is 0 Å². The van der Waals surface area contributed by atoms with E-state index in [-0.39, 0.29) is 5.54 Å². The zero-order valence-electron chi connectivity index (χ0n) is 11.5. The molecular weight excluding hydrogens is 246 g/mol. The minimum absolute atomic E-state index is 0.154. The van der Waals surface area contributed by atoms with E-state index in [1.54, 1.807) is 0 Å². The van der Waals surface area contributed by atoms with Gasteiger partial charge in [-0.25, -0.2) is 0 Å². The van der Waals surface area contributed by atoms with Crippen LogP contribution in [0, 0.1) is 13.8 Å². The van der Waals surface area contributed by atoms with Crippen LogP contribution in [0.25, 0.3) is 0 Å². The van der Waals surface area contributed by atoms with Gasteiger partial charge in [-0.3, -0.25) is 4.79 Å². The van der Waals surface area contributed by atoms with Gasteiger partial charge in [0.25, 0.3) is 0 Å². The Morgan fingerprint density at radius 1 is 1.28 bits per heavy atom. The second-order valence-corrected chi connectivity index (χ2v) is 6.25. The summed E-state index contributed by atoms with van der Waals surface area (Å²) in [5.74, 6) is 0.345. The van der Waals surface area contributed by atoms with Crippen LogP contribution in [0.2, 0.25) is 5.02 Å². The van der Waals surface area contributed by atoms with Crippen molar-refractivity contribution in [2.24, 2.45) is 0 Å². The second-order valence-electron chi connectivity index (χ2n) is 5.84. The Morgan fingerprint density at radius 2 is 1.94 bits per heavy atom. The van der Waals surface area contributed by atoms with Crippen molar-refractivity contribution in [3.05, 3.63) is 28.3 Å². The third kappa shape index (κ3) is 2.39. The molecule has 2 nitrogen and oxygen atoms in total. The molecule has 0 N–H and O–H groups in total. The van der Waals surface area contributed by atoms with Crippen LogP contribution in [0.4, 0.5) is 5.69 Å². The molecule has 2 rings (SSSR count). The summed E-state index contributed by atoms with van der Waals surface area (Å²) in [6.07, 6.45) is 1.21. The number of hydrogen-bond acceptors (Lipinski definition) is 2. The second kappa shape index (κ2) is 4.58. The summed E-state index contributed by atoms with van der Waals surface area (Å²) in [5, 5.41) is 0.787. The van der Waals surface area contributed by atoms with E-state index < -0.39 is 0 Å². The molecule has 0 amide bonds. The fourth-order valence-corrected chi connectivity index (χ4v) is 3.29. The molecule has 1 aromatic rings. The van der Waals surface area contributed by atoms with E-state index in [0.717, 1.165) is 17.3 Å². The Hall–Kier alpha value is -1.02. The topological polar surface area (TPSA) is 20.3 Å². The Morgan fingerprint density at radius 3 is 2.50 bits per heavy atom. The Bertz CT molecular complexity index is 470. The highest BCUT2D eigenvalue weighted by Crippen LogP contribution is 2.38. The molecule has 0 unspecified atom stereocenters. The summed E-state index contributed by atoms with van der Waals surface area (Å²) < 4.78 is 0. The average molecular weight is 266 g/mol. The number of piperidine rings is 1. The molecule has 0 atom stereocenters. The van der Waals surface area contributed by atoms with Crippen molar-refractivity contribution in [2.75, 3.05) is 11.4 Å². The predicted octanol–water partition coefficient (Wildman–Crippen LogP) is 3.90. The van der Waals surface area contributed by atoms with Crippen molar-refractivity contribution >= 4 is 23.1 Å². The molecular formula is C15H20ClNO. The summed E-state index contributed by atoms with van der Waals surface area (Å²) in [7, 11) is 0. The van der Waals surface area contributed by atoms with Crippen LogP contribution in [0.5, 0.6) is 0 Å². The van der Waals surface area contributed by atoms with Gasteiger partial charge in [-0.2, -0.15) is 0 Å². The van der Waals surface area contributed by atoms with Gasteiger partial charge >= 0.3 is 0 Å². The monoisotopic (exact) mass is 265 g/mol. The molecule has 98 valence electrons. The van der Waals surface area contributed by atoms with Crippen molar-refractivity contribution in [2.45, 2.75) is 46.1 Å². The number of ketones is 1. The fourth-order valence-electron chi connectivity index (χ4n) is 2.87. The number of carbonyl (C=O) groups excluding carboxylic acids is 1. The summed E-state index contributed by atoms with van der Waals surface area (Å²) in [4.78, 5) is 13.9. The standard InChI is InChI=1S/C15H20ClNO/c1-10-7-11(2)14(13(16)8-10)17-6-5-12(18)9-15(17,3)4/h7-8H,5-6,9H2,1-4H3. The SMILES string of the molecule is Cc1cc(C)c(N2CCC(=O)CC2(C)C)c(Cl)c1. The molecule has 1 heterocycles. The molecule has 1 saturated heterocycles. The summed E-state index contributed by atoms with van der Waals surface area (Å²) >= 11 is 6.41. The van der Waals surface area contributed by atoms with Crippen LogP contribution in [0.3, 0.4) is 0 Å². The molecule has 0 aromatic heterocycles. The van der Waals surface area contributed by atoms with E-state index in [0.29, 0.717) is 18.6 Å². The highest BCUT2D eigenvalue weighted by molar-refractivity contribution is 6.33. The van der Waals surface area contributed by atoms with E-state index in [1.807, 2.05) is 13.0 Å². The number of nitrogens with zero attached hydrogens (tertiary/aromatic N) is 1. The number of Topliss-reactive ketones (excluding diaryl/α,β-unsaturated/α-hetero) is 1. The molecule has 0 radical (unpaired) electrons. The third-order valence-corrected chi connectivity index (χ3v) is 3.93. The lowest BCUT2D eigenvalue weighted by atomic mass is 9.88. The number of carbonyl (C=O) groups is 1. The fraction of sp³-hybridized carbons (Fsp3) is 0.533. The Kier molecular flexibility index (Phi) is 3.41. The molecule has 0 spiro atoms. The average Bonchev–Trinajstić information content (AvgIpc) is 2.18. The van der Waals surface area contributed by atoms with Crippen LogP contribution in [0.15, 0.2) is 12.1 Å². The van der Waals surface area contributed by atoms with Crippen molar-refractivity contribution in [1.82, 2.24) is 0 Å². The quantitative estimate of drug-likeness (QED) is 0.767. The van der Waals surface area contributed by atoms with Crippen molar-refractivity contribution in [3.8, 4) is 0 Å². The lowest BCUT2D eigenvalue weighted by Gasteiger charge is -2.44. The number of hydrogen-bond donors (Lipinski definition) is 0. The largest absolute Gasteiger partial charge is 0.364 e. The van der Waals surface area contributed by atoms with Crippen LogP contribution < -0.4 is 4.90 Å². The van der Waals surface area contributed by atoms with Gasteiger partial charge in [0.2, 0.25) is 0 Å². The number of aryl methyl sites for hydroxylation is 2. The number of rotatable bonds is 1. The molecule has 1 aliphatic rings. The van der Waals surface area contributed by atoms with Gasteiger partial charge in [0, 0.05) is 24.9 Å². The molecule has 1 aliphatic heterocycles. The predicted molar refractivity (Wildman–Crippen MR) is 76.6 cm³/mol. The lowest BCUT2D eigenvalue weighted by Crippen LogP contribution is -2.50. The molecule has 0 aliphatic carbocycles. The molecule has 0 saturated carbocycles. The zero-order valence-corrected chi connectivity index (χ0v) is 12.3. The summed E-state index contributed by atoms with van der Waals surface area (Å²) in [5.41, 5.74) is 3.29. The van der Waals surface area contributed by atoms with Gasteiger partial charge in [-0.05, 0) is 44.9 Å². The van der Waals surface area contributed by atoms with Crippen LogP contribution in [0.1, 0.15) is 37.8 Å². The lowest BCUT2D eigenvalue weighted by molar-refractivity contribution is -0.121. The van der Waals surface area contributed by atoms with Crippen LogP contribution in [-0.4, -0.2) is 17.9 Å². The van der Waals surface area contributed by atoms with E-state index in [4.69, 9.17) is 11.6 Å². The molecule has 1 fully saturated rings. The first-order chi connectivity index (χ1) is 8.31. The first-order valence-corrected chi connectivity index (χ1v) is 6.75. The van der Waals surface area contributed by atoms with E-state index in [1.165, 1.54) is 11.1 Å². The zero-order chi connectivity index (χ0) is 13.5. The van der Waals surface area contributed by atoms with Gasteiger partial charge in [0.15, 0.2) is 0 Å². The Balaban J connectivity index is 2.46. The highest BCUT2D eigenvalue weighted by atomic mass is 35.5. The normalized spacial score (nSPS) is 19.2. The van der Waals surface area contributed by atoms with Gasteiger partial charge in [0.05, 0.1) is 10.7 Å². The van der Waals surface area contributed by atoms with Crippen LogP contribution in [-0.2, 0) is 4.79 Å².